The minimum absolute atomic E-state index is 0.133. The Kier molecular flexibility index (Phi) is 3.22. The third kappa shape index (κ3) is 2.52. The van der Waals surface area contributed by atoms with Crippen molar-refractivity contribution in [3.63, 3.8) is 0 Å². The molecule has 0 atom stereocenters. The monoisotopic (exact) mass is 233 g/mol. The summed E-state index contributed by atoms with van der Waals surface area (Å²) in [4.78, 5) is 11.8. The van der Waals surface area contributed by atoms with Crippen molar-refractivity contribution in [2.45, 2.75) is 39.2 Å². The largest absolute Gasteiger partial charge is 0.398 e. The van der Waals surface area contributed by atoms with Crippen LogP contribution in [0.2, 0.25) is 0 Å². The van der Waals surface area contributed by atoms with Gasteiger partial charge in [0.2, 0.25) is 0 Å². The van der Waals surface area contributed by atoms with Crippen LogP contribution < -0.4 is 16.4 Å². The van der Waals surface area contributed by atoms with Crippen LogP contribution in [-0.2, 0) is 0 Å². The fourth-order valence-electron chi connectivity index (χ4n) is 1.94. The summed E-state index contributed by atoms with van der Waals surface area (Å²) in [6.45, 7) is 3.88. The first-order valence-corrected chi connectivity index (χ1v) is 6.01. The molecule has 2 rings (SSSR count). The van der Waals surface area contributed by atoms with Crippen LogP contribution >= 0.6 is 0 Å². The predicted molar refractivity (Wildman–Crippen MR) is 70.1 cm³/mol. The highest BCUT2D eigenvalue weighted by Crippen LogP contribution is 2.25. The van der Waals surface area contributed by atoms with E-state index in [9.17, 15) is 4.79 Å². The van der Waals surface area contributed by atoms with Crippen molar-refractivity contribution in [3.05, 3.63) is 23.3 Å². The molecule has 1 fully saturated rings. The fraction of sp³-hybridized carbons (Fsp3) is 0.462. The van der Waals surface area contributed by atoms with E-state index in [1.54, 1.807) is 0 Å². The van der Waals surface area contributed by atoms with Gasteiger partial charge in [0, 0.05) is 11.7 Å². The Labute approximate surface area is 102 Å². The number of amides is 2. The molecule has 0 radical (unpaired) electrons. The smallest absolute Gasteiger partial charge is 0.319 e. The summed E-state index contributed by atoms with van der Waals surface area (Å²) in [6, 6.07) is 3.99. The summed E-state index contributed by atoms with van der Waals surface area (Å²) in [5.41, 5.74) is 9.31. The summed E-state index contributed by atoms with van der Waals surface area (Å²) < 4.78 is 0. The first-order chi connectivity index (χ1) is 8.08. The van der Waals surface area contributed by atoms with Crippen molar-refractivity contribution in [2.24, 2.45) is 0 Å². The van der Waals surface area contributed by atoms with E-state index < -0.39 is 0 Å². The number of hydrogen-bond acceptors (Lipinski definition) is 2. The molecule has 92 valence electrons. The second kappa shape index (κ2) is 4.65. The highest BCUT2D eigenvalue weighted by atomic mass is 16.2. The Balaban J connectivity index is 2.06. The number of hydrogen-bond donors (Lipinski definition) is 3. The van der Waals surface area contributed by atoms with Crippen LogP contribution in [0.15, 0.2) is 12.1 Å². The van der Waals surface area contributed by atoms with Gasteiger partial charge in [-0.2, -0.15) is 0 Å². The van der Waals surface area contributed by atoms with Gasteiger partial charge in [-0.05, 0) is 50.3 Å². The SMILES string of the molecule is Cc1ccc(N)c(C)c1NC(=O)NC1CCC1. The standard InChI is InChI=1S/C13H19N3O/c1-8-6-7-11(14)9(2)12(8)16-13(17)15-10-4-3-5-10/h6-7,10H,3-5,14H2,1-2H3,(H2,15,16,17). The second-order valence-electron chi connectivity index (χ2n) is 4.70. The van der Waals surface area contributed by atoms with Crippen molar-refractivity contribution >= 4 is 17.4 Å². The lowest BCUT2D eigenvalue weighted by atomic mass is 9.93. The summed E-state index contributed by atoms with van der Waals surface area (Å²) in [5, 5.41) is 5.84. The second-order valence-corrected chi connectivity index (χ2v) is 4.70. The van der Waals surface area contributed by atoms with Crippen LogP contribution in [0, 0.1) is 13.8 Å². The summed E-state index contributed by atoms with van der Waals surface area (Å²) in [6.07, 6.45) is 3.38. The maximum Gasteiger partial charge on any atom is 0.319 e. The van der Waals surface area contributed by atoms with Gasteiger partial charge in [0.05, 0.1) is 5.69 Å². The molecule has 1 aromatic rings. The number of carbonyl (C=O) groups is 1. The highest BCUT2D eigenvalue weighted by Gasteiger charge is 2.19. The van der Waals surface area contributed by atoms with E-state index in [-0.39, 0.29) is 6.03 Å². The maximum atomic E-state index is 11.8. The van der Waals surface area contributed by atoms with Crippen LogP contribution in [0.5, 0.6) is 0 Å². The van der Waals surface area contributed by atoms with Crippen molar-refractivity contribution < 1.29 is 4.79 Å². The minimum atomic E-state index is -0.133. The lowest BCUT2D eigenvalue weighted by molar-refractivity contribution is 0.240. The van der Waals surface area contributed by atoms with E-state index in [1.165, 1.54) is 6.42 Å². The molecule has 0 aromatic heterocycles. The van der Waals surface area contributed by atoms with Gasteiger partial charge in [-0.15, -0.1) is 0 Å². The number of nitrogens with one attached hydrogen (secondary N) is 2. The van der Waals surface area contributed by atoms with Crippen LogP contribution in [-0.4, -0.2) is 12.1 Å². The van der Waals surface area contributed by atoms with E-state index in [0.29, 0.717) is 11.7 Å². The minimum Gasteiger partial charge on any atom is -0.398 e. The third-order valence-corrected chi connectivity index (χ3v) is 3.39. The van der Waals surface area contributed by atoms with E-state index in [4.69, 9.17) is 5.73 Å². The molecule has 4 nitrogen and oxygen atoms in total. The Hall–Kier alpha value is -1.71. The molecular weight excluding hydrogens is 214 g/mol. The quantitative estimate of drug-likeness (QED) is 0.687. The molecule has 0 bridgehead atoms. The normalized spacial score (nSPS) is 15.2. The lowest BCUT2D eigenvalue weighted by Gasteiger charge is -2.26. The summed E-state index contributed by atoms with van der Waals surface area (Å²) >= 11 is 0. The third-order valence-electron chi connectivity index (χ3n) is 3.39. The Morgan fingerprint density at radius 1 is 1.35 bits per heavy atom. The first kappa shape index (κ1) is 11.8. The van der Waals surface area contributed by atoms with Gasteiger partial charge in [-0.25, -0.2) is 4.79 Å². The molecular formula is C13H19N3O. The Bertz CT molecular complexity index is 439. The first-order valence-electron chi connectivity index (χ1n) is 6.01. The van der Waals surface area contributed by atoms with Crippen LogP contribution in [0.3, 0.4) is 0 Å². The van der Waals surface area contributed by atoms with Crippen molar-refractivity contribution in [1.29, 1.82) is 0 Å². The molecule has 0 heterocycles. The number of rotatable bonds is 2. The zero-order chi connectivity index (χ0) is 12.4. The number of carbonyl (C=O) groups excluding carboxylic acids is 1. The maximum absolute atomic E-state index is 11.8. The van der Waals surface area contributed by atoms with Gasteiger partial charge < -0.3 is 16.4 Å². The molecule has 4 heteroatoms. The molecule has 1 aliphatic carbocycles. The molecule has 2 amide bonds. The number of benzene rings is 1. The van der Waals surface area contributed by atoms with E-state index in [0.717, 1.165) is 29.7 Å². The Morgan fingerprint density at radius 2 is 2.06 bits per heavy atom. The van der Waals surface area contributed by atoms with Gasteiger partial charge in [0.15, 0.2) is 0 Å². The molecule has 0 aliphatic heterocycles. The average molecular weight is 233 g/mol. The molecule has 1 aliphatic rings. The van der Waals surface area contributed by atoms with Crippen LogP contribution in [0.4, 0.5) is 16.2 Å². The molecule has 1 aromatic carbocycles. The number of nitrogens with two attached hydrogens (primary N) is 1. The molecule has 0 spiro atoms. The number of urea groups is 1. The van der Waals surface area contributed by atoms with Crippen LogP contribution in [0.1, 0.15) is 30.4 Å². The van der Waals surface area contributed by atoms with Crippen LogP contribution in [0.25, 0.3) is 0 Å². The Morgan fingerprint density at radius 3 is 2.65 bits per heavy atom. The summed E-state index contributed by atoms with van der Waals surface area (Å²) in [5.74, 6) is 0. The number of anilines is 2. The predicted octanol–water partition coefficient (Wildman–Crippen LogP) is 2.56. The number of nitrogen functional groups attached to an aromatic ring is 1. The summed E-state index contributed by atoms with van der Waals surface area (Å²) in [7, 11) is 0. The van der Waals surface area contributed by atoms with Gasteiger partial charge in [0.1, 0.15) is 0 Å². The van der Waals surface area contributed by atoms with Crippen molar-refractivity contribution in [3.8, 4) is 0 Å². The highest BCUT2D eigenvalue weighted by molar-refractivity contribution is 5.92. The zero-order valence-corrected chi connectivity index (χ0v) is 10.3. The average Bonchev–Trinajstić information content (AvgIpc) is 2.24. The molecule has 4 N–H and O–H groups in total. The molecule has 1 saturated carbocycles. The number of aryl methyl sites for hydroxylation is 1. The molecule has 0 unspecified atom stereocenters. The lowest BCUT2D eigenvalue weighted by Crippen LogP contribution is -2.42. The van der Waals surface area contributed by atoms with Gasteiger partial charge in [0.25, 0.3) is 0 Å². The molecule has 0 saturated heterocycles. The fourth-order valence-corrected chi connectivity index (χ4v) is 1.94. The van der Waals surface area contributed by atoms with Gasteiger partial charge >= 0.3 is 6.03 Å². The van der Waals surface area contributed by atoms with Crippen molar-refractivity contribution in [1.82, 2.24) is 5.32 Å². The van der Waals surface area contributed by atoms with E-state index in [1.807, 2.05) is 26.0 Å². The van der Waals surface area contributed by atoms with E-state index >= 15 is 0 Å². The van der Waals surface area contributed by atoms with E-state index in [2.05, 4.69) is 10.6 Å². The zero-order valence-electron chi connectivity index (χ0n) is 10.3. The van der Waals surface area contributed by atoms with Crippen molar-refractivity contribution in [2.75, 3.05) is 11.1 Å². The van der Waals surface area contributed by atoms with Gasteiger partial charge in [-0.1, -0.05) is 6.07 Å². The molecule has 17 heavy (non-hydrogen) atoms. The van der Waals surface area contributed by atoms with Gasteiger partial charge in [-0.3, -0.25) is 0 Å². The topological polar surface area (TPSA) is 67.1 Å².